The van der Waals surface area contributed by atoms with Crippen LogP contribution in [0.4, 0.5) is 11.8 Å². The van der Waals surface area contributed by atoms with E-state index in [2.05, 4.69) is 16.0 Å². The summed E-state index contributed by atoms with van der Waals surface area (Å²) in [6, 6.07) is 17.6. The maximum atomic E-state index is 13.3. The summed E-state index contributed by atoms with van der Waals surface area (Å²) in [5.41, 5.74) is 1.56. The first-order chi connectivity index (χ1) is 18.5. The van der Waals surface area contributed by atoms with Crippen LogP contribution >= 0.6 is 0 Å². The summed E-state index contributed by atoms with van der Waals surface area (Å²) in [5, 5.41) is 11.0. The van der Waals surface area contributed by atoms with E-state index in [9.17, 15) is 9.59 Å². The van der Waals surface area contributed by atoms with Gasteiger partial charge in [-0.05, 0) is 62.8 Å². The summed E-state index contributed by atoms with van der Waals surface area (Å²) < 4.78 is 0. The van der Waals surface area contributed by atoms with Gasteiger partial charge in [0, 0.05) is 43.2 Å². The van der Waals surface area contributed by atoms with Crippen LogP contribution in [0.1, 0.15) is 61.7 Å². The van der Waals surface area contributed by atoms with E-state index in [0.29, 0.717) is 11.5 Å². The number of nitrogens with one attached hydrogen (secondary N) is 3. The summed E-state index contributed by atoms with van der Waals surface area (Å²) in [7, 11) is 3.99. The van der Waals surface area contributed by atoms with Crippen molar-refractivity contribution in [3.8, 4) is 0 Å². The SMILES string of the molecule is CN(C)c1nc(N[C@H]2CC[C@@H](NC(=O)[C@@H]3CCCC[C@@H]3NC(=O)c3ccccc3)CC2)nc2ccccc12. The molecule has 5 rings (SSSR count). The largest absolute Gasteiger partial charge is 0.362 e. The second kappa shape index (κ2) is 11.8. The molecule has 2 atom stereocenters. The summed E-state index contributed by atoms with van der Waals surface area (Å²) in [6.45, 7) is 0. The van der Waals surface area contributed by atoms with Crippen molar-refractivity contribution >= 4 is 34.5 Å². The smallest absolute Gasteiger partial charge is 0.251 e. The topological polar surface area (TPSA) is 99.3 Å². The first-order valence-electron chi connectivity index (χ1n) is 13.8. The van der Waals surface area contributed by atoms with Crippen molar-refractivity contribution in [2.24, 2.45) is 5.92 Å². The molecule has 1 aromatic heterocycles. The van der Waals surface area contributed by atoms with Crippen molar-refractivity contribution in [1.29, 1.82) is 0 Å². The number of aromatic nitrogens is 2. The van der Waals surface area contributed by atoms with E-state index in [1.165, 1.54) is 0 Å². The molecule has 0 unspecified atom stereocenters. The molecule has 8 heteroatoms. The van der Waals surface area contributed by atoms with Crippen LogP contribution in [0.15, 0.2) is 54.6 Å². The first-order valence-corrected chi connectivity index (χ1v) is 13.8. The number of hydrogen-bond acceptors (Lipinski definition) is 6. The van der Waals surface area contributed by atoms with Gasteiger partial charge in [-0.2, -0.15) is 4.98 Å². The van der Waals surface area contributed by atoms with Crippen molar-refractivity contribution < 1.29 is 9.59 Å². The zero-order valence-electron chi connectivity index (χ0n) is 22.3. The molecule has 200 valence electrons. The number of carbonyl (C=O) groups excluding carboxylic acids is 2. The minimum absolute atomic E-state index is 0.0768. The fourth-order valence-corrected chi connectivity index (χ4v) is 5.80. The predicted octanol–water partition coefficient (Wildman–Crippen LogP) is 4.52. The van der Waals surface area contributed by atoms with E-state index in [1.807, 2.05) is 73.6 Å². The van der Waals surface area contributed by atoms with Crippen molar-refractivity contribution in [3.63, 3.8) is 0 Å². The number of amides is 2. The van der Waals surface area contributed by atoms with E-state index >= 15 is 0 Å². The monoisotopic (exact) mass is 514 g/mol. The molecule has 2 aliphatic rings. The third-order valence-corrected chi connectivity index (χ3v) is 7.87. The Morgan fingerprint density at radius 1 is 0.789 bits per heavy atom. The normalized spacial score (nSPS) is 23.4. The Morgan fingerprint density at radius 3 is 2.24 bits per heavy atom. The number of para-hydroxylation sites is 1. The molecular formula is C30H38N6O2. The van der Waals surface area contributed by atoms with Crippen molar-refractivity contribution in [2.45, 2.75) is 69.5 Å². The Balaban J connectivity index is 1.15. The molecule has 3 N–H and O–H groups in total. The fourth-order valence-electron chi connectivity index (χ4n) is 5.80. The Kier molecular flexibility index (Phi) is 8.05. The van der Waals surface area contributed by atoms with Crippen LogP contribution in [0.3, 0.4) is 0 Å². The predicted molar refractivity (Wildman–Crippen MR) is 151 cm³/mol. The average molecular weight is 515 g/mol. The van der Waals surface area contributed by atoms with Gasteiger partial charge in [-0.3, -0.25) is 9.59 Å². The standard InChI is InChI=1S/C30H38N6O2/c1-36(2)27-23-12-6-8-14-25(23)34-30(35-27)32-22-18-16-21(17-19-22)31-29(38)24-13-7-9-15-26(24)33-28(37)20-10-4-3-5-11-20/h3-6,8,10-12,14,21-22,24,26H,7,9,13,15-19H2,1-2H3,(H,31,38)(H,33,37)(H,32,34,35)/t21-,22+,24-,26+/m1/s1. The van der Waals surface area contributed by atoms with Crippen molar-refractivity contribution in [2.75, 3.05) is 24.3 Å². The molecule has 0 radical (unpaired) electrons. The number of nitrogens with zero attached hydrogens (tertiary/aromatic N) is 3. The zero-order valence-corrected chi connectivity index (χ0v) is 22.3. The molecule has 0 bridgehead atoms. The van der Waals surface area contributed by atoms with Crippen LogP contribution in [0.25, 0.3) is 10.9 Å². The lowest BCUT2D eigenvalue weighted by molar-refractivity contribution is -0.127. The summed E-state index contributed by atoms with van der Waals surface area (Å²) in [6.07, 6.45) is 7.41. The minimum atomic E-state index is -0.178. The summed E-state index contributed by atoms with van der Waals surface area (Å²) in [4.78, 5) is 37.5. The fraction of sp³-hybridized carbons (Fsp3) is 0.467. The number of anilines is 2. The molecule has 0 aliphatic heterocycles. The van der Waals surface area contributed by atoms with Crippen LogP contribution in [-0.2, 0) is 4.79 Å². The highest BCUT2D eigenvalue weighted by molar-refractivity contribution is 5.95. The van der Waals surface area contributed by atoms with Crippen LogP contribution in [0.2, 0.25) is 0 Å². The van der Waals surface area contributed by atoms with Gasteiger partial charge >= 0.3 is 0 Å². The molecule has 1 heterocycles. The Labute approximate surface area is 224 Å². The average Bonchev–Trinajstić information content (AvgIpc) is 2.94. The number of benzene rings is 2. The third-order valence-electron chi connectivity index (χ3n) is 7.87. The zero-order chi connectivity index (χ0) is 26.5. The number of hydrogen-bond donors (Lipinski definition) is 3. The lowest BCUT2D eigenvalue weighted by Gasteiger charge is -2.34. The molecule has 3 aromatic rings. The second-order valence-electron chi connectivity index (χ2n) is 10.8. The van der Waals surface area contributed by atoms with Crippen molar-refractivity contribution in [3.05, 3.63) is 60.2 Å². The van der Waals surface area contributed by atoms with Crippen LogP contribution in [0, 0.1) is 5.92 Å². The lowest BCUT2D eigenvalue weighted by Crippen LogP contribution is -2.51. The van der Waals surface area contributed by atoms with Gasteiger partial charge in [0.25, 0.3) is 5.91 Å². The molecule has 0 spiro atoms. The number of fused-ring (bicyclic) bond motifs is 1. The van der Waals surface area contributed by atoms with Gasteiger partial charge in [-0.15, -0.1) is 0 Å². The molecular weight excluding hydrogens is 476 g/mol. The molecule has 2 fully saturated rings. The van der Waals surface area contributed by atoms with E-state index in [0.717, 1.165) is 68.1 Å². The third kappa shape index (κ3) is 6.06. The number of carbonyl (C=O) groups is 2. The Bertz CT molecular complexity index is 1260. The highest BCUT2D eigenvalue weighted by atomic mass is 16.2. The van der Waals surface area contributed by atoms with Crippen LogP contribution in [0.5, 0.6) is 0 Å². The molecule has 8 nitrogen and oxygen atoms in total. The first kappa shape index (κ1) is 25.9. The molecule has 2 saturated carbocycles. The van der Waals surface area contributed by atoms with E-state index in [4.69, 9.17) is 9.97 Å². The van der Waals surface area contributed by atoms with E-state index in [1.54, 1.807) is 0 Å². The molecule has 2 aromatic carbocycles. The Hall–Kier alpha value is -3.68. The quantitative estimate of drug-likeness (QED) is 0.429. The minimum Gasteiger partial charge on any atom is -0.362 e. The van der Waals surface area contributed by atoms with E-state index in [-0.39, 0.29) is 35.9 Å². The summed E-state index contributed by atoms with van der Waals surface area (Å²) in [5.74, 6) is 1.35. The Morgan fingerprint density at radius 2 is 1.47 bits per heavy atom. The van der Waals surface area contributed by atoms with Crippen LogP contribution in [-0.4, -0.2) is 54.0 Å². The van der Waals surface area contributed by atoms with Gasteiger partial charge in [0.2, 0.25) is 11.9 Å². The molecule has 38 heavy (non-hydrogen) atoms. The lowest BCUT2D eigenvalue weighted by atomic mass is 9.83. The number of rotatable bonds is 7. The van der Waals surface area contributed by atoms with Gasteiger partial charge in [-0.1, -0.05) is 43.2 Å². The summed E-state index contributed by atoms with van der Waals surface area (Å²) >= 11 is 0. The maximum Gasteiger partial charge on any atom is 0.251 e. The maximum absolute atomic E-state index is 13.3. The van der Waals surface area contributed by atoms with E-state index < -0.39 is 0 Å². The van der Waals surface area contributed by atoms with Gasteiger partial charge in [0.15, 0.2) is 0 Å². The van der Waals surface area contributed by atoms with Crippen LogP contribution < -0.4 is 20.9 Å². The van der Waals surface area contributed by atoms with Crippen molar-refractivity contribution in [1.82, 2.24) is 20.6 Å². The van der Waals surface area contributed by atoms with Gasteiger partial charge < -0.3 is 20.9 Å². The van der Waals surface area contributed by atoms with Gasteiger partial charge in [0.1, 0.15) is 5.82 Å². The van der Waals surface area contributed by atoms with Gasteiger partial charge in [-0.25, -0.2) is 4.98 Å². The van der Waals surface area contributed by atoms with Gasteiger partial charge in [0.05, 0.1) is 11.4 Å². The highest BCUT2D eigenvalue weighted by Gasteiger charge is 2.34. The molecule has 2 aliphatic carbocycles. The second-order valence-corrected chi connectivity index (χ2v) is 10.8. The highest BCUT2D eigenvalue weighted by Crippen LogP contribution is 2.28. The molecule has 0 saturated heterocycles. The molecule has 2 amide bonds.